The van der Waals surface area contributed by atoms with Gasteiger partial charge in [0.15, 0.2) is 0 Å². The van der Waals surface area contributed by atoms with Crippen molar-refractivity contribution in [2.45, 2.75) is 25.6 Å². The molecule has 1 atom stereocenters. The fourth-order valence-electron chi connectivity index (χ4n) is 4.18. The molecule has 8 nitrogen and oxygen atoms in total. The number of nitrogens with zero attached hydrogens (tertiary/aromatic N) is 6. The predicted octanol–water partition coefficient (Wildman–Crippen LogP) is 2.60. The van der Waals surface area contributed by atoms with Crippen LogP contribution in [0.2, 0.25) is 0 Å². The van der Waals surface area contributed by atoms with Gasteiger partial charge in [-0.3, -0.25) is 9.88 Å². The highest BCUT2D eigenvalue weighted by Crippen LogP contribution is 2.34. The molecule has 1 aromatic carbocycles. The zero-order valence-corrected chi connectivity index (χ0v) is 16.8. The minimum atomic E-state index is 0.0783. The van der Waals surface area contributed by atoms with Gasteiger partial charge in [-0.05, 0) is 29.3 Å². The molecule has 152 valence electrons. The lowest BCUT2D eigenvalue weighted by Crippen LogP contribution is -2.36. The Labute approximate surface area is 174 Å². The first kappa shape index (κ1) is 18.5. The van der Waals surface area contributed by atoms with Crippen molar-refractivity contribution in [1.29, 1.82) is 0 Å². The van der Waals surface area contributed by atoms with Crippen LogP contribution < -0.4 is 4.74 Å². The summed E-state index contributed by atoms with van der Waals surface area (Å²) in [7, 11) is 1.70. The number of hydrogen-bond acceptors (Lipinski definition) is 6. The van der Waals surface area contributed by atoms with Crippen LogP contribution in [0.25, 0.3) is 0 Å². The van der Waals surface area contributed by atoms with Gasteiger partial charge in [0.1, 0.15) is 18.4 Å². The lowest BCUT2D eigenvalue weighted by Gasteiger charge is -2.35. The monoisotopic (exact) mass is 401 g/mol. The van der Waals surface area contributed by atoms with Crippen molar-refractivity contribution >= 4 is 0 Å². The average molecular weight is 401 g/mol. The van der Waals surface area contributed by atoms with Crippen LogP contribution in [0.4, 0.5) is 0 Å². The second-order valence-corrected chi connectivity index (χ2v) is 7.41. The van der Waals surface area contributed by atoms with E-state index in [-0.39, 0.29) is 6.04 Å². The van der Waals surface area contributed by atoms with Gasteiger partial charge in [0.05, 0.1) is 31.7 Å². The van der Waals surface area contributed by atoms with E-state index < -0.39 is 0 Å². The molecule has 30 heavy (non-hydrogen) atoms. The van der Waals surface area contributed by atoms with Crippen molar-refractivity contribution in [3.63, 3.8) is 0 Å². The number of methoxy groups -OCH3 is 1. The maximum Gasteiger partial charge on any atom is 0.137 e. The zero-order chi connectivity index (χ0) is 20.3. The number of hydrogen-bond donors (Lipinski definition) is 1. The Morgan fingerprint density at radius 1 is 1.20 bits per heavy atom. The van der Waals surface area contributed by atoms with E-state index >= 15 is 0 Å². The van der Waals surface area contributed by atoms with E-state index in [1.165, 1.54) is 11.3 Å². The first-order chi connectivity index (χ1) is 14.8. The molecule has 1 aliphatic rings. The molecule has 4 heterocycles. The van der Waals surface area contributed by atoms with Crippen molar-refractivity contribution in [3.8, 4) is 5.75 Å². The summed E-state index contributed by atoms with van der Waals surface area (Å²) in [5, 5.41) is 4.22. The summed E-state index contributed by atoms with van der Waals surface area (Å²) >= 11 is 0. The average Bonchev–Trinajstić information content (AvgIpc) is 3.46. The maximum absolute atomic E-state index is 5.57. The number of nitrogens with one attached hydrogen (secondary N) is 1. The molecular weight excluding hydrogens is 378 g/mol. The zero-order valence-electron chi connectivity index (χ0n) is 16.8. The Hall–Kier alpha value is -3.52. The van der Waals surface area contributed by atoms with Crippen LogP contribution in [0.3, 0.4) is 0 Å². The standard InChI is InChI=1S/C22H23N7O/c1-30-20-5-4-16(9-18(20)12-29-15-24-13-27-29)11-28-8-6-19-21(26-14-25-19)22(28)17-3-2-7-23-10-17/h2-5,7,9-10,13-15,22H,6,8,11-12H2,1H3,(H,25,26). The lowest BCUT2D eigenvalue weighted by atomic mass is 9.96. The van der Waals surface area contributed by atoms with Gasteiger partial charge in [0.25, 0.3) is 0 Å². The van der Waals surface area contributed by atoms with Gasteiger partial charge in [0.2, 0.25) is 0 Å². The molecule has 0 amide bonds. The SMILES string of the molecule is COc1ccc(CN2CCc3[nH]cnc3C2c2cccnc2)cc1Cn1cncn1. The predicted molar refractivity (Wildman–Crippen MR) is 111 cm³/mol. The number of H-pyrrole nitrogens is 1. The van der Waals surface area contributed by atoms with E-state index in [2.05, 4.69) is 48.1 Å². The molecule has 4 aromatic rings. The topological polar surface area (TPSA) is 84.8 Å². The number of imidazole rings is 1. The van der Waals surface area contributed by atoms with Crippen LogP contribution >= 0.6 is 0 Å². The van der Waals surface area contributed by atoms with Crippen molar-refractivity contribution in [3.05, 3.63) is 89.8 Å². The van der Waals surface area contributed by atoms with Gasteiger partial charge in [0, 0.05) is 43.2 Å². The smallest absolute Gasteiger partial charge is 0.137 e. The maximum atomic E-state index is 5.57. The number of aromatic nitrogens is 6. The van der Waals surface area contributed by atoms with Gasteiger partial charge >= 0.3 is 0 Å². The lowest BCUT2D eigenvalue weighted by molar-refractivity contribution is 0.200. The molecule has 0 spiro atoms. The minimum Gasteiger partial charge on any atom is -0.496 e. The quantitative estimate of drug-likeness (QED) is 0.535. The highest BCUT2D eigenvalue weighted by Gasteiger charge is 2.31. The Bertz CT molecular complexity index is 1110. The molecule has 1 unspecified atom stereocenters. The fourth-order valence-corrected chi connectivity index (χ4v) is 4.18. The van der Waals surface area contributed by atoms with Crippen molar-refractivity contribution < 1.29 is 4.74 Å². The molecule has 1 aliphatic heterocycles. The number of ether oxygens (including phenoxy) is 1. The second-order valence-electron chi connectivity index (χ2n) is 7.41. The van der Waals surface area contributed by atoms with Crippen LogP contribution in [0.5, 0.6) is 5.75 Å². The summed E-state index contributed by atoms with van der Waals surface area (Å²) in [5.41, 5.74) is 5.75. The molecule has 5 rings (SSSR count). The van der Waals surface area contributed by atoms with Crippen LogP contribution in [0, 0.1) is 0 Å². The van der Waals surface area contributed by atoms with Crippen molar-refractivity contribution in [2.75, 3.05) is 13.7 Å². The molecule has 0 radical (unpaired) electrons. The van der Waals surface area contributed by atoms with E-state index in [9.17, 15) is 0 Å². The molecular formula is C22H23N7O. The van der Waals surface area contributed by atoms with E-state index in [1.807, 2.05) is 24.5 Å². The Balaban J connectivity index is 1.45. The number of aromatic amines is 1. The Kier molecular flexibility index (Phi) is 4.98. The molecule has 1 N–H and O–H groups in total. The molecule has 0 aliphatic carbocycles. The molecule has 0 bridgehead atoms. The van der Waals surface area contributed by atoms with Crippen LogP contribution in [0.1, 0.15) is 34.1 Å². The first-order valence-corrected chi connectivity index (χ1v) is 9.96. The largest absolute Gasteiger partial charge is 0.496 e. The molecule has 0 fully saturated rings. The summed E-state index contributed by atoms with van der Waals surface area (Å²) in [6.07, 6.45) is 9.75. The van der Waals surface area contributed by atoms with Gasteiger partial charge in [-0.1, -0.05) is 12.1 Å². The highest BCUT2D eigenvalue weighted by atomic mass is 16.5. The van der Waals surface area contributed by atoms with E-state index in [0.29, 0.717) is 6.54 Å². The summed E-state index contributed by atoms with van der Waals surface area (Å²) in [5.74, 6) is 0.853. The number of pyridine rings is 1. The van der Waals surface area contributed by atoms with Gasteiger partial charge < -0.3 is 9.72 Å². The molecule has 8 heteroatoms. The minimum absolute atomic E-state index is 0.0783. The third-order valence-corrected chi connectivity index (χ3v) is 5.55. The van der Waals surface area contributed by atoms with E-state index in [1.54, 1.807) is 30.8 Å². The summed E-state index contributed by atoms with van der Waals surface area (Å²) < 4.78 is 7.37. The summed E-state index contributed by atoms with van der Waals surface area (Å²) in [4.78, 5) is 18.8. The third kappa shape index (κ3) is 3.57. The van der Waals surface area contributed by atoms with Crippen LogP contribution in [-0.2, 0) is 19.5 Å². The highest BCUT2D eigenvalue weighted by molar-refractivity contribution is 5.38. The van der Waals surface area contributed by atoms with Crippen LogP contribution in [-0.4, -0.2) is 48.3 Å². The molecule has 3 aromatic heterocycles. The van der Waals surface area contributed by atoms with Gasteiger partial charge in [-0.2, -0.15) is 5.10 Å². The molecule has 0 saturated heterocycles. The van der Waals surface area contributed by atoms with E-state index in [4.69, 9.17) is 4.74 Å². The Morgan fingerprint density at radius 2 is 2.17 bits per heavy atom. The summed E-state index contributed by atoms with van der Waals surface area (Å²) in [6.45, 7) is 2.37. The number of rotatable bonds is 6. The number of fused-ring (bicyclic) bond motifs is 1. The first-order valence-electron chi connectivity index (χ1n) is 9.96. The second kappa shape index (κ2) is 8.08. The van der Waals surface area contributed by atoms with Gasteiger partial charge in [-0.25, -0.2) is 14.6 Å². The normalized spacial score (nSPS) is 16.4. The van der Waals surface area contributed by atoms with E-state index in [0.717, 1.165) is 42.1 Å². The number of benzene rings is 1. The third-order valence-electron chi connectivity index (χ3n) is 5.55. The Morgan fingerprint density at radius 3 is 2.97 bits per heavy atom. The summed E-state index contributed by atoms with van der Waals surface area (Å²) in [6, 6.07) is 10.5. The van der Waals surface area contributed by atoms with Gasteiger partial charge in [-0.15, -0.1) is 0 Å². The van der Waals surface area contributed by atoms with Crippen molar-refractivity contribution in [1.82, 2.24) is 34.6 Å². The van der Waals surface area contributed by atoms with Crippen LogP contribution in [0.15, 0.2) is 61.7 Å². The van der Waals surface area contributed by atoms with Crippen molar-refractivity contribution in [2.24, 2.45) is 0 Å². The fraction of sp³-hybridized carbons (Fsp3) is 0.273. The molecule has 0 saturated carbocycles.